The second kappa shape index (κ2) is 6.26. The molecule has 1 saturated heterocycles. The number of nitrogens with one attached hydrogen (secondary N) is 2. The molecule has 0 spiro atoms. The van der Waals surface area contributed by atoms with Gasteiger partial charge < -0.3 is 5.32 Å². The number of benzene rings is 1. The molecule has 0 bridgehead atoms. The minimum atomic E-state index is -3.53. The lowest BCUT2D eigenvalue weighted by Crippen LogP contribution is -2.50. The van der Waals surface area contributed by atoms with Gasteiger partial charge in [-0.25, -0.2) is 0 Å². The van der Waals surface area contributed by atoms with Gasteiger partial charge in [-0.1, -0.05) is 35.2 Å². The van der Waals surface area contributed by atoms with Crippen LogP contribution < -0.4 is 10.2 Å². The summed E-state index contributed by atoms with van der Waals surface area (Å²) in [5.74, 6) is 0. The summed E-state index contributed by atoms with van der Waals surface area (Å²) in [7, 11) is -3.53. The van der Waals surface area contributed by atoms with Crippen LogP contribution >= 0.6 is 0 Å². The molecule has 0 saturated carbocycles. The van der Waals surface area contributed by atoms with Gasteiger partial charge in [0.25, 0.3) is 0 Å². The van der Waals surface area contributed by atoms with Crippen LogP contribution in [0.25, 0.3) is 0 Å². The molecule has 2 N–H and O–H groups in total. The van der Waals surface area contributed by atoms with Crippen molar-refractivity contribution in [2.45, 2.75) is 6.61 Å². The molecular formula is C11H17N3O3S. The summed E-state index contributed by atoms with van der Waals surface area (Å²) in [5, 5.41) is 3.09. The third kappa shape index (κ3) is 3.76. The molecule has 1 aliphatic rings. The van der Waals surface area contributed by atoms with Crippen LogP contribution in [0.5, 0.6) is 0 Å². The van der Waals surface area contributed by atoms with Crippen molar-refractivity contribution in [2.24, 2.45) is 0 Å². The first-order valence-electron chi connectivity index (χ1n) is 5.82. The second-order valence-corrected chi connectivity index (χ2v) is 5.64. The highest BCUT2D eigenvalue weighted by Gasteiger charge is 2.23. The average molecular weight is 271 g/mol. The molecule has 1 aliphatic heterocycles. The highest BCUT2D eigenvalue weighted by Crippen LogP contribution is 2.02. The molecule has 1 heterocycles. The first-order valence-corrected chi connectivity index (χ1v) is 7.26. The lowest BCUT2D eigenvalue weighted by molar-refractivity contribution is 0.0741. The average Bonchev–Trinajstić information content (AvgIpc) is 2.41. The van der Waals surface area contributed by atoms with Crippen molar-refractivity contribution < 1.29 is 13.3 Å². The third-order valence-electron chi connectivity index (χ3n) is 2.66. The van der Waals surface area contributed by atoms with Gasteiger partial charge in [-0.3, -0.25) is 4.84 Å². The molecule has 0 radical (unpaired) electrons. The Bertz CT molecular complexity index is 458. The van der Waals surface area contributed by atoms with Crippen LogP contribution in [0.2, 0.25) is 0 Å². The number of hydrogen-bond acceptors (Lipinski definition) is 4. The Balaban J connectivity index is 1.82. The quantitative estimate of drug-likeness (QED) is 0.731. The summed E-state index contributed by atoms with van der Waals surface area (Å²) < 4.78 is 25.0. The van der Waals surface area contributed by atoms with E-state index in [4.69, 9.17) is 4.84 Å². The van der Waals surface area contributed by atoms with Crippen LogP contribution in [-0.2, 0) is 21.7 Å². The van der Waals surface area contributed by atoms with E-state index in [1.165, 1.54) is 4.31 Å². The molecule has 0 aliphatic carbocycles. The van der Waals surface area contributed by atoms with Crippen molar-refractivity contribution in [1.29, 1.82) is 0 Å². The Morgan fingerprint density at radius 1 is 1.22 bits per heavy atom. The van der Waals surface area contributed by atoms with Crippen LogP contribution in [0.3, 0.4) is 0 Å². The predicted molar refractivity (Wildman–Crippen MR) is 67.7 cm³/mol. The Morgan fingerprint density at radius 3 is 2.56 bits per heavy atom. The zero-order valence-electron chi connectivity index (χ0n) is 10.0. The van der Waals surface area contributed by atoms with E-state index in [-0.39, 0.29) is 6.61 Å². The van der Waals surface area contributed by atoms with Crippen molar-refractivity contribution >= 4 is 10.2 Å². The van der Waals surface area contributed by atoms with E-state index in [1.54, 1.807) is 0 Å². The normalized spacial score (nSPS) is 17.8. The molecule has 1 fully saturated rings. The molecule has 1 aromatic rings. The van der Waals surface area contributed by atoms with Crippen molar-refractivity contribution in [3.8, 4) is 0 Å². The van der Waals surface area contributed by atoms with E-state index < -0.39 is 10.2 Å². The molecule has 18 heavy (non-hydrogen) atoms. The molecule has 0 unspecified atom stereocenters. The SMILES string of the molecule is O=S(=O)(NOCc1ccccc1)N1CCNCC1. The first-order chi connectivity index (χ1) is 8.68. The number of piperazine rings is 1. The van der Waals surface area contributed by atoms with E-state index in [9.17, 15) is 8.42 Å². The Hall–Kier alpha value is -0.990. The summed E-state index contributed by atoms with van der Waals surface area (Å²) in [6.45, 7) is 2.47. The highest BCUT2D eigenvalue weighted by molar-refractivity contribution is 7.87. The fraction of sp³-hybridized carbons (Fsp3) is 0.455. The van der Waals surface area contributed by atoms with Gasteiger partial charge in [-0.05, 0) is 5.56 Å². The highest BCUT2D eigenvalue weighted by atomic mass is 32.2. The van der Waals surface area contributed by atoms with Crippen molar-refractivity contribution in [3.05, 3.63) is 35.9 Å². The van der Waals surface area contributed by atoms with Crippen molar-refractivity contribution in [1.82, 2.24) is 14.5 Å². The molecule has 0 aromatic heterocycles. The summed E-state index contributed by atoms with van der Waals surface area (Å²) in [6.07, 6.45) is 0. The molecular weight excluding hydrogens is 254 g/mol. The van der Waals surface area contributed by atoms with E-state index in [0.29, 0.717) is 26.2 Å². The fourth-order valence-corrected chi connectivity index (χ4v) is 2.68. The zero-order valence-corrected chi connectivity index (χ0v) is 10.8. The summed E-state index contributed by atoms with van der Waals surface area (Å²) in [6, 6.07) is 9.40. The topological polar surface area (TPSA) is 70.7 Å². The van der Waals surface area contributed by atoms with Gasteiger partial charge in [0.1, 0.15) is 0 Å². The minimum Gasteiger partial charge on any atom is -0.314 e. The number of nitrogens with zero attached hydrogens (tertiary/aromatic N) is 1. The van der Waals surface area contributed by atoms with Gasteiger partial charge in [-0.15, -0.1) is 0 Å². The first kappa shape index (κ1) is 13.4. The number of rotatable bonds is 5. The molecule has 1 aromatic carbocycles. The van der Waals surface area contributed by atoms with E-state index in [2.05, 4.69) is 10.2 Å². The van der Waals surface area contributed by atoms with Gasteiger partial charge in [-0.2, -0.15) is 12.7 Å². The van der Waals surface area contributed by atoms with Gasteiger partial charge in [0.2, 0.25) is 0 Å². The lowest BCUT2D eigenvalue weighted by Gasteiger charge is -2.26. The van der Waals surface area contributed by atoms with Gasteiger partial charge >= 0.3 is 10.2 Å². The van der Waals surface area contributed by atoms with Crippen LogP contribution in [0.15, 0.2) is 30.3 Å². The largest absolute Gasteiger partial charge is 0.314 e. The van der Waals surface area contributed by atoms with Crippen LogP contribution in [0.1, 0.15) is 5.56 Å². The van der Waals surface area contributed by atoms with Gasteiger partial charge in [0.15, 0.2) is 0 Å². The summed E-state index contributed by atoms with van der Waals surface area (Å²) in [4.78, 5) is 7.19. The number of hydrogen-bond donors (Lipinski definition) is 2. The molecule has 0 atom stereocenters. The van der Waals surface area contributed by atoms with Crippen LogP contribution in [0, 0.1) is 0 Å². The maximum atomic E-state index is 11.8. The van der Waals surface area contributed by atoms with Crippen LogP contribution in [0.4, 0.5) is 0 Å². The minimum absolute atomic E-state index is 0.214. The fourth-order valence-electron chi connectivity index (χ4n) is 1.70. The zero-order chi connectivity index (χ0) is 12.8. The Morgan fingerprint density at radius 2 is 1.89 bits per heavy atom. The molecule has 0 amide bonds. The van der Waals surface area contributed by atoms with E-state index >= 15 is 0 Å². The maximum Gasteiger partial charge on any atom is 0.301 e. The molecule has 6 nitrogen and oxygen atoms in total. The summed E-state index contributed by atoms with van der Waals surface area (Å²) in [5.41, 5.74) is 0.917. The molecule has 7 heteroatoms. The maximum absolute atomic E-state index is 11.8. The third-order valence-corrected chi connectivity index (χ3v) is 4.04. The van der Waals surface area contributed by atoms with Crippen molar-refractivity contribution in [2.75, 3.05) is 26.2 Å². The second-order valence-electron chi connectivity index (χ2n) is 4.01. The van der Waals surface area contributed by atoms with E-state index in [1.807, 2.05) is 30.3 Å². The van der Waals surface area contributed by atoms with E-state index in [0.717, 1.165) is 5.56 Å². The van der Waals surface area contributed by atoms with Crippen LogP contribution in [-0.4, -0.2) is 38.9 Å². The van der Waals surface area contributed by atoms with Gasteiger partial charge in [0.05, 0.1) is 6.61 Å². The molecule has 2 rings (SSSR count). The predicted octanol–water partition coefficient (Wildman–Crippen LogP) is -0.142. The summed E-state index contributed by atoms with van der Waals surface area (Å²) >= 11 is 0. The monoisotopic (exact) mass is 271 g/mol. The smallest absolute Gasteiger partial charge is 0.301 e. The Labute approximate surface area is 107 Å². The lowest BCUT2D eigenvalue weighted by atomic mass is 10.2. The molecule has 100 valence electrons. The standard InChI is InChI=1S/C11H17N3O3S/c15-18(16,14-8-6-12-7-9-14)13-17-10-11-4-2-1-3-5-11/h1-5,12-13H,6-10H2. The van der Waals surface area contributed by atoms with Gasteiger partial charge in [0, 0.05) is 26.2 Å². The van der Waals surface area contributed by atoms with Crippen molar-refractivity contribution in [3.63, 3.8) is 0 Å². The Kier molecular flexibility index (Phi) is 4.67.